The second-order valence-electron chi connectivity index (χ2n) is 4.22. The molecule has 0 bridgehead atoms. The zero-order chi connectivity index (χ0) is 10.1. The molecule has 0 saturated heterocycles. The molecule has 2 unspecified atom stereocenters. The normalized spacial score (nSPS) is 26.8. The van der Waals surface area contributed by atoms with Crippen LogP contribution in [0.25, 0.3) is 0 Å². The quantitative estimate of drug-likeness (QED) is 0.708. The van der Waals surface area contributed by atoms with Crippen molar-refractivity contribution in [3.63, 3.8) is 0 Å². The van der Waals surface area contributed by atoms with E-state index in [-0.39, 0.29) is 6.04 Å². The Bertz CT molecular complexity index is 335. The van der Waals surface area contributed by atoms with Crippen LogP contribution in [0.5, 0.6) is 0 Å². The van der Waals surface area contributed by atoms with Crippen LogP contribution in [0, 0.1) is 12.8 Å². The lowest BCUT2D eigenvalue weighted by atomic mass is 9.92. The molecule has 2 heteroatoms. The Labute approximate surface area is 90.1 Å². The first-order chi connectivity index (χ1) is 6.68. The van der Waals surface area contributed by atoms with E-state index in [1.807, 2.05) is 11.8 Å². The largest absolute Gasteiger partial charge is 0.324 e. The molecule has 0 saturated carbocycles. The molecule has 1 aromatic carbocycles. The maximum atomic E-state index is 6.25. The molecule has 1 aliphatic heterocycles. The molecule has 2 atom stereocenters. The minimum Gasteiger partial charge on any atom is -0.324 e. The summed E-state index contributed by atoms with van der Waals surface area (Å²) in [5.74, 6) is 2.88. The maximum Gasteiger partial charge on any atom is 0.0331 e. The molecule has 0 radical (unpaired) electrons. The van der Waals surface area contributed by atoms with Gasteiger partial charge in [-0.25, -0.2) is 0 Å². The molecule has 1 nitrogen and oxygen atoms in total. The van der Waals surface area contributed by atoms with E-state index in [4.69, 9.17) is 5.73 Å². The highest BCUT2D eigenvalue weighted by Crippen LogP contribution is 2.33. The molecule has 0 spiro atoms. The van der Waals surface area contributed by atoms with Gasteiger partial charge in [0.1, 0.15) is 0 Å². The van der Waals surface area contributed by atoms with Crippen LogP contribution in [-0.2, 0) is 5.75 Å². The van der Waals surface area contributed by atoms with Crippen LogP contribution in [0.15, 0.2) is 18.2 Å². The second-order valence-corrected chi connectivity index (χ2v) is 5.25. The van der Waals surface area contributed by atoms with Crippen LogP contribution in [0.2, 0.25) is 0 Å². The van der Waals surface area contributed by atoms with Gasteiger partial charge in [-0.05, 0) is 29.7 Å². The lowest BCUT2D eigenvalue weighted by molar-refractivity contribution is 0.523. The van der Waals surface area contributed by atoms with Crippen molar-refractivity contribution in [3.05, 3.63) is 34.9 Å². The smallest absolute Gasteiger partial charge is 0.0331 e. The summed E-state index contributed by atoms with van der Waals surface area (Å²) in [6.07, 6.45) is 0. The van der Waals surface area contributed by atoms with Crippen LogP contribution in [0.1, 0.15) is 29.7 Å². The van der Waals surface area contributed by atoms with Crippen LogP contribution in [0.3, 0.4) is 0 Å². The van der Waals surface area contributed by atoms with Crippen molar-refractivity contribution < 1.29 is 0 Å². The van der Waals surface area contributed by atoms with Crippen LogP contribution < -0.4 is 5.73 Å². The van der Waals surface area contributed by atoms with Gasteiger partial charge in [-0.15, -0.1) is 0 Å². The number of hydrogen-bond donors (Lipinski definition) is 1. The molecular weight excluding hydrogens is 190 g/mol. The Balaban J connectivity index is 2.44. The van der Waals surface area contributed by atoms with Gasteiger partial charge < -0.3 is 5.73 Å². The van der Waals surface area contributed by atoms with Gasteiger partial charge in [0.05, 0.1) is 0 Å². The lowest BCUT2D eigenvalue weighted by Gasteiger charge is -2.18. The molecule has 1 heterocycles. The highest BCUT2D eigenvalue weighted by atomic mass is 32.2. The molecule has 0 aliphatic carbocycles. The third kappa shape index (κ3) is 1.82. The fourth-order valence-electron chi connectivity index (χ4n) is 1.92. The number of rotatable bonds is 0. The third-order valence-corrected chi connectivity index (χ3v) is 4.19. The Hall–Kier alpha value is -0.470. The summed E-state index contributed by atoms with van der Waals surface area (Å²) < 4.78 is 0. The van der Waals surface area contributed by atoms with Crippen molar-refractivity contribution in [1.29, 1.82) is 0 Å². The van der Waals surface area contributed by atoms with Crippen LogP contribution >= 0.6 is 11.8 Å². The van der Waals surface area contributed by atoms with Crippen molar-refractivity contribution in [3.8, 4) is 0 Å². The minimum absolute atomic E-state index is 0.222. The maximum absolute atomic E-state index is 6.25. The van der Waals surface area contributed by atoms with E-state index < -0.39 is 0 Å². The Kier molecular flexibility index (Phi) is 2.84. The van der Waals surface area contributed by atoms with Crippen molar-refractivity contribution in [2.24, 2.45) is 11.7 Å². The van der Waals surface area contributed by atoms with Gasteiger partial charge in [-0.3, -0.25) is 0 Å². The SMILES string of the molecule is Cc1ccc2c(c1)C(N)C(C)CSC2. The van der Waals surface area contributed by atoms with Crippen molar-refractivity contribution in [1.82, 2.24) is 0 Å². The number of thioether (sulfide) groups is 1. The summed E-state index contributed by atoms with van der Waals surface area (Å²) >= 11 is 2.00. The predicted molar refractivity (Wildman–Crippen MR) is 63.4 cm³/mol. The van der Waals surface area contributed by atoms with Crippen molar-refractivity contribution in [2.45, 2.75) is 25.6 Å². The van der Waals surface area contributed by atoms with E-state index in [1.165, 1.54) is 22.4 Å². The summed E-state index contributed by atoms with van der Waals surface area (Å²) in [6.45, 7) is 4.38. The van der Waals surface area contributed by atoms with E-state index in [2.05, 4.69) is 32.0 Å². The highest BCUT2D eigenvalue weighted by molar-refractivity contribution is 7.98. The second kappa shape index (κ2) is 3.95. The average molecular weight is 207 g/mol. The van der Waals surface area contributed by atoms with Gasteiger partial charge in [0.25, 0.3) is 0 Å². The molecule has 76 valence electrons. The predicted octanol–water partition coefficient (Wildman–Crippen LogP) is 2.88. The molecule has 0 fully saturated rings. The molecule has 1 aromatic rings. The number of hydrogen-bond acceptors (Lipinski definition) is 2. The Morgan fingerprint density at radius 2 is 2.21 bits per heavy atom. The number of benzene rings is 1. The summed E-state index contributed by atoms with van der Waals surface area (Å²) in [5.41, 5.74) is 10.4. The first-order valence-electron chi connectivity index (χ1n) is 5.11. The fourth-order valence-corrected chi connectivity index (χ4v) is 3.10. The van der Waals surface area contributed by atoms with Gasteiger partial charge in [-0.1, -0.05) is 30.7 Å². The minimum atomic E-state index is 0.222. The third-order valence-electron chi connectivity index (χ3n) is 2.91. The summed E-state index contributed by atoms with van der Waals surface area (Å²) in [6, 6.07) is 6.89. The number of aryl methyl sites for hydroxylation is 1. The monoisotopic (exact) mass is 207 g/mol. The zero-order valence-electron chi connectivity index (χ0n) is 8.79. The molecule has 0 aromatic heterocycles. The van der Waals surface area contributed by atoms with Crippen molar-refractivity contribution in [2.75, 3.05) is 5.75 Å². The first kappa shape index (κ1) is 10.1. The fraction of sp³-hybridized carbons (Fsp3) is 0.500. The average Bonchev–Trinajstić information content (AvgIpc) is 2.30. The molecule has 2 N–H and O–H groups in total. The summed E-state index contributed by atoms with van der Waals surface area (Å²) in [5, 5.41) is 0. The summed E-state index contributed by atoms with van der Waals surface area (Å²) in [7, 11) is 0. The van der Waals surface area contributed by atoms with E-state index in [9.17, 15) is 0 Å². The van der Waals surface area contributed by atoms with Gasteiger partial charge in [0.2, 0.25) is 0 Å². The first-order valence-corrected chi connectivity index (χ1v) is 6.26. The van der Waals surface area contributed by atoms with Gasteiger partial charge in [0.15, 0.2) is 0 Å². The van der Waals surface area contributed by atoms with E-state index >= 15 is 0 Å². The molecule has 1 aliphatic rings. The number of nitrogens with two attached hydrogens (primary N) is 1. The van der Waals surface area contributed by atoms with Crippen molar-refractivity contribution >= 4 is 11.8 Å². The van der Waals surface area contributed by atoms with Gasteiger partial charge >= 0.3 is 0 Å². The molecule has 2 rings (SSSR count). The van der Waals surface area contributed by atoms with E-state index in [1.54, 1.807) is 0 Å². The van der Waals surface area contributed by atoms with E-state index in [0.717, 1.165) is 5.75 Å². The molecule has 0 amide bonds. The van der Waals surface area contributed by atoms with Crippen LogP contribution in [-0.4, -0.2) is 5.75 Å². The zero-order valence-corrected chi connectivity index (χ0v) is 9.60. The molecular formula is C12H17NS. The highest BCUT2D eigenvalue weighted by Gasteiger charge is 2.21. The van der Waals surface area contributed by atoms with Gasteiger partial charge in [-0.2, -0.15) is 11.8 Å². The van der Waals surface area contributed by atoms with E-state index in [0.29, 0.717) is 5.92 Å². The summed E-state index contributed by atoms with van der Waals surface area (Å²) in [4.78, 5) is 0. The molecule has 14 heavy (non-hydrogen) atoms. The standard InChI is InChI=1S/C12H17NS/c1-8-3-4-10-7-14-6-9(2)12(13)11(10)5-8/h3-5,9,12H,6-7,13H2,1-2H3. The van der Waals surface area contributed by atoms with Gasteiger partial charge in [0, 0.05) is 11.8 Å². The Morgan fingerprint density at radius 1 is 1.43 bits per heavy atom. The topological polar surface area (TPSA) is 26.0 Å². The Morgan fingerprint density at radius 3 is 3.00 bits per heavy atom. The number of fused-ring (bicyclic) bond motifs is 1. The van der Waals surface area contributed by atoms with Crippen LogP contribution in [0.4, 0.5) is 0 Å². The lowest BCUT2D eigenvalue weighted by Crippen LogP contribution is -2.20.